The molecule has 1 N–H and O–H groups in total. The van der Waals surface area contributed by atoms with E-state index in [2.05, 4.69) is 10.3 Å². The third-order valence-corrected chi connectivity index (χ3v) is 3.17. The van der Waals surface area contributed by atoms with Gasteiger partial charge in [0.2, 0.25) is 5.91 Å². The molecule has 0 saturated carbocycles. The van der Waals surface area contributed by atoms with Crippen molar-refractivity contribution in [2.45, 2.75) is 25.4 Å². The van der Waals surface area contributed by atoms with Gasteiger partial charge in [-0.3, -0.25) is 4.79 Å². The summed E-state index contributed by atoms with van der Waals surface area (Å²) >= 11 is 0. The summed E-state index contributed by atoms with van der Waals surface area (Å²) < 4.78 is 28.0. The van der Waals surface area contributed by atoms with Crippen molar-refractivity contribution >= 4 is 16.9 Å². The molecule has 3 rings (SSSR count). The lowest BCUT2D eigenvalue weighted by Crippen LogP contribution is -2.29. The van der Waals surface area contributed by atoms with Crippen LogP contribution in [0.15, 0.2) is 18.5 Å². The fourth-order valence-electron chi connectivity index (χ4n) is 2.25. The summed E-state index contributed by atoms with van der Waals surface area (Å²) in [4.78, 5) is 15.1. The van der Waals surface area contributed by atoms with Crippen molar-refractivity contribution in [3.63, 3.8) is 0 Å². The van der Waals surface area contributed by atoms with Gasteiger partial charge in [0.25, 0.3) is 0 Å². The first-order chi connectivity index (χ1) is 8.63. The first kappa shape index (κ1) is 11.1. The zero-order chi connectivity index (χ0) is 12.7. The predicted molar refractivity (Wildman–Crippen MR) is 60.8 cm³/mol. The molecule has 1 unspecified atom stereocenters. The van der Waals surface area contributed by atoms with Crippen LogP contribution in [-0.2, 0) is 11.3 Å². The lowest BCUT2D eigenvalue weighted by molar-refractivity contribution is -0.119. The molecule has 1 aromatic carbocycles. The maximum Gasteiger partial charge on any atom is 0.220 e. The Hall–Kier alpha value is -1.98. The number of hydrogen-bond acceptors (Lipinski definition) is 2. The minimum atomic E-state index is -0.901. The van der Waals surface area contributed by atoms with Gasteiger partial charge in [-0.25, -0.2) is 13.8 Å². The molecule has 2 heterocycles. The number of carbonyl (C=O) groups excluding carboxylic acids is 1. The third kappa shape index (κ3) is 1.83. The molecular formula is C12H11F2N3O. The molecule has 1 amide bonds. The van der Waals surface area contributed by atoms with E-state index >= 15 is 0 Å². The molecule has 1 atom stereocenters. The van der Waals surface area contributed by atoms with E-state index in [1.54, 1.807) is 4.57 Å². The molecule has 2 aromatic rings. The molecular weight excluding hydrogens is 240 g/mol. The lowest BCUT2D eigenvalue weighted by Gasteiger charge is -2.11. The molecule has 4 nitrogen and oxygen atoms in total. The molecule has 1 fully saturated rings. The molecule has 6 heteroatoms. The van der Waals surface area contributed by atoms with Crippen LogP contribution in [0, 0.1) is 11.6 Å². The van der Waals surface area contributed by atoms with Crippen LogP contribution in [0.25, 0.3) is 11.0 Å². The minimum absolute atomic E-state index is 0.0293. The average molecular weight is 251 g/mol. The zero-order valence-corrected chi connectivity index (χ0v) is 9.49. The number of carbonyl (C=O) groups is 1. The van der Waals surface area contributed by atoms with Crippen LogP contribution in [0.5, 0.6) is 0 Å². The number of hydrogen-bond donors (Lipinski definition) is 1. The number of nitrogens with one attached hydrogen (secondary N) is 1. The summed E-state index contributed by atoms with van der Waals surface area (Å²) in [5, 5.41) is 2.83. The number of imidazole rings is 1. The van der Waals surface area contributed by atoms with Gasteiger partial charge in [0.15, 0.2) is 11.6 Å². The van der Waals surface area contributed by atoms with E-state index in [0.29, 0.717) is 24.0 Å². The topological polar surface area (TPSA) is 46.9 Å². The van der Waals surface area contributed by atoms with E-state index in [1.807, 2.05) is 0 Å². The Morgan fingerprint density at radius 1 is 1.39 bits per heavy atom. The number of fused-ring (bicyclic) bond motifs is 1. The number of aromatic nitrogens is 2. The Labute approximate surface area is 102 Å². The normalized spacial score (nSPS) is 19.4. The molecule has 1 aliphatic rings. The molecule has 1 aliphatic heterocycles. The monoisotopic (exact) mass is 251 g/mol. The second kappa shape index (κ2) is 4.04. The average Bonchev–Trinajstić information content (AvgIpc) is 2.89. The fraction of sp³-hybridized carbons (Fsp3) is 0.333. The summed E-state index contributed by atoms with van der Waals surface area (Å²) in [5.41, 5.74) is 0.952. The van der Waals surface area contributed by atoms with Crippen LogP contribution in [0.4, 0.5) is 8.78 Å². The Morgan fingerprint density at radius 2 is 2.17 bits per heavy atom. The van der Waals surface area contributed by atoms with E-state index in [0.717, 1.165) is 18.6 Å². The van der Waals surface area contributed by atoms with Crippen molar-refractivity contribution < 1.29 is 13.6 Å². The number of nitrogens with zero attached hydrogens (tertiary/aromatic N) is 2. The second-order valence-corrected chi connectivity index (χ2v) is 4.46. The van der Waals surface area contributed by atoms with Gasteiger partial charge in [0.1, 0.15) is 0 Å². The van der Waals surface area contributed by atoms with Crippen LogP contribution in [0.1, 0.15) is 12.8 Å². The fourth-order valence-corrected chi connectivity index (χ4v) is 2.25. The van der Waals surface area contributed by atoms with Crippen LogP contribution in [-0.4, -0.2) is 21.5 Å². The summed E-state index contributed by atoms with van der Waals surface area (Å²) in [6, 6.07) is 2.24. The third-order valence-electron chi connectivity index (χ3n) is 3.17. The minimum Gasteiger partial charge on any atom is -0.352 e. The van der Waals surface area contributed by atoms with E-state index < -0.39 is 11.6 Å². The van der Waals surface area contributed by atoms with Gasteiger partial charge >= 0.3 is 0 Å². The molecule has 94 valence electrons. The van der Waals surface area contributed by atoms with Crippen LogP contribution < -0.4 is 5.32 Å². The van der Waals surface area contributed by atoms with Crippen molar-refractivity contribution in [2.24, 2.45) is 0 Å². The summed E-state index contributed by atoms with van der Waals surface area (Å²) in [6.45, 7) is 0.521. The maximum absolute atomic E-state index is 13.2. The van der Waals surface area contributed by atoms with Crippen molar-refractivity contribution in [1.29, 1.82) is 0 Å². The van der Waals surface area contributed by atoms with Crippen molar-refractivity contribution in [1.82, 2.24) is 14.9 Å². The van der Waals surface area contributed by atoms with E-state index in [4.69, 9.17) is 0 Å². The van der Waals surface area contributed by atoms with Crippen molar-refractivity contribution in [3.05, 3.63) is 30.1 Å². The van der Waals surface area contributed by atoms with Gasteiger partial charge in [0, 0.05) is 31.1 Å². The van der Waals surface area contributed by atoms with Gasteiger partial charge in [-0.15, -0.1) is 0 Å². The highest BCUT2D eigenvalue weighted by Gasteiger charge is 2.21. The van der Waals surface area contributed by atoms with Crippen LogP contribution >= 0.6 is 0 Å². The van der Waals surface area contributed by atoms with Crippen LogP contribution in [0.2, 0.25) is 0 Å². The van der Waals surface area contributed by atoms with Crippen molar-refractivity contribution in [3.8, 4) is 0 Å². The van der Waals surface area contributed by atoms with Gasteiger partial charge in [-0.2, -0.15) is 0 Å². The molecule has 1 aromatic heterocycles. The number of rotatable bonds is 2. The number of amides is 1. The molecule has 18 heavy (non-hydrogen) atoms. The van der Waals surface area contributed by atoms with Crippen molar-refractivity contribution in [2.75, 3.05) is 0 Å². The van der Waals surface area contributed by atoms with E-state index in [1.165, 1.54) is 6.33 Å². The van der Waals surface area contributed by atoms with E-state index in [9.17, 15) is 13.6 Å². The smallest absolute Gasteiger partial charge is 0.220 e. The zero-order valence-electron chi connectivity index (χ0n) is 9.49. The lowest BCUT2D eigenvalue weighted by atomic mass is 10.2. The maximum atomic E-state index is 13.2. The van der Waals surface area contributed by atoms with Gasteiger partial charge in [-0.1, -0.05) is 0 Å². The number of benzene rings is 1. The van der Waals surface area contributed by atoms with Gasteiger partial charge in [-0.05, 0) is 6.42 Å². The Balaban J connectivity index is 1.92. The van der Waals surface area contributed by atoms with Gasteiger partial charge < -0.3 is 9.88 Å². The predicted octanol–water partition coefficient (Wildman–Crippen LogP) is 1.59. The Morgan fingerprint density at radius 3 is 2.89 bits per heavy atom. The Kier molecular flexibility index (Phi) is 2.50. The summed E-state index contributed by atoms with van der Waals surface area (Å²) in [5.74, 6) is -1.76. The standard InChI is InChI=1S/C12H11F2N3O/c13-8-3-10-11(4-9(8)14)17(6-15-10)5-7-1-2-12(18)16-7/h3-4,6-7H,1-2,5H2,(H,16,18). The molecule has 1 saturated heterocycles. The summed E-state index contributed by atoms with van der Waals surface area (Å²) in [7, 11) is 0. The highest BCUT2D eigenvalue weighted by atomic mass is 19.2. The molecule has 0 spiro atoms. The summed E-state index contributed by atoms with van der Waals surface area (Å²) in [6.07, 6.45) is 2.80. The first-order valence-electron chi connectivity index (χ1n) is 5.73. The highest BCUT2D eigenvalue weighted by molar-refractivity contribution is 5.78. The largest absolute Gasteiger partial charge is 0.352 e. The number of halogens is 2. The highest BCUT2D eigenvalue weighted by Crippen LogP contribution is 2.19. The van der Waals surface area contributed by atoms with Crippen LogP contribution in [0.3, 0.4) is 0 Å². The first-order valence-corrected chi connectivity index (χ1v) is 5.73. The Bertz CT molecular complexity index is 623. The molecule has 0 radical (unpaired) electrons. The quantitative estimate of drug-likeness (QED) is 0.881. The second-order valence-electron chi connectivity index (χ2n) is 4.46. The van der Waals surface area contributed by atoms with E-state index in [-0.39, 0.29) is 11.9 Å². The van der Waals surface area contributed by atoms with Gasteiger partial charge in [0.05, 0.1) is 17.4 Å². The molecule has 0 aliphatic carbocycles. The molecule has 0 bridgehead atoms. The SMILES string of the molecule is O=C1CCC(Cn2cnc3cc(F)c(F)cc32)N1.